The molecule has 0 bridgehead atoms. The van der Waals surface area contributed by atoms with E-state index in [2.05, 4.69) is 6.58 Å². The Morgan fingerprint density at radius 3 is 2.50 bits per heavy atom. The smallest absolute Gasteiger partial charge is 0.165 e. The number of rotatable bonds is 6. The van der Waals surface area contributed by atoms with Crippen LogP contribution < -0.4 is 0 Å². The van der Waals surface area contributed by atoms with Crippen LogP contribution in [0.25, 0.3) is 0 Å². The summed E-state index contributed by atoms with van der Waals surface area (Å²) in [6.45, 7) is 7.59. The van der Waals surface area contributed by atoms with Gasteiger partial charge in [-0.25, -0.2) is 0 Å². The van der Waals surface area contributed by atoms with Crippen molar-refractivity contribution in [3.63, 3.8) is 0 Å². The van der Waals surface area contributed by atoms with E-state index < -0.39 is 0 Å². The van der Waals surface area contributed by atoms with E-state index in [1.807, 2.05) is 13.8 Å². The predicted molar refractivity (Wildman–Crippen MR) is 50.1 cm³/mol. The van der Waals surface area contributed by atoms with E-state index in [1.165, 1.54) is 0 Å². The molecule has 2 heteroatoms. The van der Waals surface area contributed by atoms with Gasteiger partial charge in [0.25, 0.3) is 0 Å². The molecule has 0 aliphatic heterocycles. The number of ether oxygens (including phenoxy) is 1. The molecule has 0 amide bonds. The van der Waals surface area contributed by atoms with Crippen molar-refractivity contribution in [1.82, 2.24) is 0 Å². The molecule has 1 atom stereocenters. The van der Waals surface area contributed by atoms with E-state index in [0.717, 1.165) is 18.4 Å². The van der Waals surface area contributed by atoms with Crippen molar-refractivity contribution in [3.8, 4) is 0 Å². The molecule has 0 aromatic heterocycles. The zero-order valence-electron chi connectivity index (χ0n) is 8.22. The Bertz CT molecular complexity index is 161. The van der Waals surface area contributed by atoms with E-state index in [9.17, 15) is 4.79 Å². The van der Waals surface area contributed by atoms with Crippen LogP contribution in [0.3, 0.4) is 0 Å². The Morgan fingerprint density at radius 1 is 1.58 bits per heavy atom. The predicted octanol–water partition coefficient (Wildman–Crippen LogP) is 2.34. The second kappa shape index (κ2) is 5.95. The molecule has 12 heavy (non-hydrogen) atoms. The molecule has 0 fully saturated rings. The van der Waals surface area contributed by atoms with Gasteiger partial charge in [0.05, 0.1) is 0 Å². The first-order valence-electron chi connectivity index (χ1n) is 4.31. The van der Waals surface area contributed by atoms with Gasteiger partial charge in [-0.15, -0.1) is 0 Å². The third kappa shape index (κ3) is 4.29. The van der Waals surface area contributed by atoms with Gasteiger partial charge in [0.2, 0.25) is 0 Å². The second-order valence-corrected chi connectivity index (χ2v) is 3.11. The van der Waals surface area contributed by atoms with E-state index in [-0.39, 0.29) is 11.9 Å². The lowest BCUT2D eigenvalue weighted by Gasteiger charge is -2.12. The molecule has 1 unspecified atom stereocenters. The summed E-state index contributed by atoms with van der Waals surface area (Å²) < 4.78 is 5.06. The highest BCUT2D eigenvalue weighted by atomic mass is 16.5. The van der Waals surface area contributed by atoms with Gasteiger partial charge in [-0.1, -0.05) is 25.5 Å². The van der Waals surface area contributed by atoms with Gasteiger partial charge in [0.15, 0.2) is 5.78 Å². The molecule has 0 heterocycles. The lowest BCUT2D eigenvalue weighted by atomic mass is 10.0. The number of carbonyl (C=O) groups is 1. The molecule has 0 N–H and O–H groups in total. The molecule has 2 nitrogen and oxygen atoms in total. The molecule has 0 aliphatic rings. The molecular weight excluding hydrogens is 152 g/mol. The second-order valence-electron chi connectivity index (χ2n) is 3.11. The summed E-state index contributed by atoms with van der Waals surface area (Å²) in [7, 11) is 1.58. The number of Topliss-reactive ketones (excluding diaryl/α,β-unsaturated/α-hetero) is 1. The van der Waals surface area contributed by atoms with E-state index in [4.69, 9.17) is 4.74 Å². The maximum atomic E-state index is 11.4. The Kier molecular flexibility index (Phi) is 5.64. The highest BCUT2D eigenvalue weighted by Gasteiger charge is 2.15. The largest absolute Gasteiger partial charge is 0.374 e. The topological polar surface area (TPSA) is 26.3 Å². The Morgan fingerprint density at radius 2 is 2.17 bits per heavy atom. The van der Waals surface area contributed by atoms with Crippen LogP contribution in [0.5, 0.6) is 0 Å². The lowest BCUT2D eigenvalue weighted by Crippen LogP contribution is -2.22. The van der Waals surface area contributed by atoms with Crippen molar-refractivity contribution < 1.29 is 9.53 Å². The molecule has 0 spiro atoms. The van der Waals surface area contributed by atoms with E-state index in [0.29, 0.717) is 6.42 Å². The van der Waals surface area contributed by atoms with Gasteiger partial charge in [-0.2, -0.15) is 0 Å². The summed E-state index contributed by atoms with van der Waals surface area (Å²) >= 11 is 0. The summed E-state index contributed by atoms with van der Waals surface area (Å²) in [5.41, 5.74) is 0.901. The van der Waals surface area contributed by atoms with Gasteiger partial charge in [0.1, 0.15) is 6.10 Å². The number of hydrogen-bond donors (Lipinski definition) is 0. The van der Waals surface area contributed by atoms with Crippen LogP contribution in [-0.4, -0.2) is 19.0 Å². The number of methoxy groups -OCH3 is 1. The first kappa shape index (κ1) is 11.4. The minimum atomic E-state index is -0.230. The highest BCUT2D eigenvalue weighted by molar-refractivity contribution is 5.84. The van der Waals surface area contributed by atoms with Crippen molar-refractivity contribution in [2.24, 2.45) is 0 Å². The molecule has 0 saturated carbocycles. The highest BCUT2D eigenvalue weighted by Crippen LogP contribution is 2.08. The fraction of sp³-hybridized carbons (Fsp3) is 0.700. The third-order valence-corrected chi connectivity index (χ3v) is 1.67. The summed E-state index contributed by atoms with van der Waals surface area (Å²) in [5.74, 6) is 0.145. The van der Waals surface area contributed by atoms with Crippen molar-refractivity contribution in [3.05, 3.63) is 12.2 Å². The Hall–Kier alpha value is -0.630. The van der Waals surface area contributed by atoms with E-state index >= 15 is 0 Å². The molecule has 0 radical (unpaired) electrons. The zero-order chi connectivity index (χ0) is 9.56. The molecule has 0 aromatic rings. The maximum Gasteiger partial charge on any atom is 0.165 e. The summed E-state index contributed by atoms with van der Waals surface area (Å²) in [6.07, 6.45) is 1.99. The summed E-state index contributed by atoms with van der Waals surface area (Å²) in [6, 6.07) is 0. The van der Waals surface area contributed by atoms with E-state index in [1.54, 1.807) is 7.11 Å². The van der Waals surface area contributed by atoms with Crippen LogP contribution in [0.1, 0.15) is 33.1 Å². The normalized spacial score (nSPS) is 12.6. The molecule has 0 saturated heterocycles. The van der Waals surface area contributed by atoms with Crippen LogP contribution in [-0.2, 0) is 9.53 Å². The average Bonchev–Trinajstić information content (AvgIpc) is 1.98. The molecule has 0 rings (SSSR count). The Balaban J connectivity index is 3.93. The third-order valence-electron chi connectivity index (χ3n) is 1.67. The minimum Gasteiger partial charge on any atom is -0.374 e. The van der Waals surface area contributed by atoms with Gasteiger partial charge in [-0.05, 0) is 13.3 Å². The van der Waals surface area contributed by atoms with Crippen molar-refractivity contribution >= 4 is 5.78 Å². The quantitative estimate of drug-likeness (QED) is 0.572. The fourth-order valence-corrected chi connectivity index (χ4v) is 1.08. The first-order valence-corrected chi connectivity index (χ1v) is 4.31. The van der Waals surface area contributed by atoms with Crippen molar-refractivity contribution in [1.29, 1.82) is 0 Å². The zero-order valence-corrected chi connectivity index (χ0v) is 8.22. The molecule has 70 valence electrons. The van der Waals surface area contributed by atoms with Crippen LogP contribution in [0.15, 0.2) is 12.2 Å². The van der Waals surface area contributed by atoms with Crippen LogP contribution in [0.4, 0.5) is 0 Å². The van der Waals surface area contributed by atoms with Crippen LogP contribution >= 0.6 is 0 Å². The summed E-state index contributed by atoms with van der Waals surface area (Å²) in [5, 5.41) is 0. The average molecular weight is 170 g/mol. The monoisotopic (exact) mass is 170 g/mol. The number of allylic oxidation sites excluding steroid dienone is 1. The standard InChI is InChI=1S/C10H18O2/c1-5-6-10(12-4)9(11)7-8(2)3/h10H,2,5-7H2,1,3-4H3. The van der Waals surface area contributed by atoms with Crippen molar-refractivity contribution in [2.45, 2.75) is 39.2 Å². The SMILES string of the molecule is C=C(C)CC(=O)C(CCC)OC. The number of ketones is 1. The fourth-order valence-electron chi connectivity index (χ4n) is 1.08. The Labute approximate surface area is 74.6 Å². The van der Waals surface area contributed by atoms with Gasteiger partial charge in [-0.3, -0.25) is 4.79 Å². The molecule has 0 aliphatic carbocycles. The van der Waals surface area contributed by atoms with Gasteiger partial charge >= 0.3 is 0 Å². The van der Waals surface area contributed by atoms with Gasteiger partial charge in [0, 0.05) is 13.5 Å². The lowest BCUT2D eigenvalue weighted by molar-refractivity contribution is -0.128. The number of carbonyl (C=O) groups excluding carboxylic acids is 1. The number of hydrogen-bond acceptors (Lipinski definition) is 2. The van der Waals surface area contributed by atoms with Gasteiger partial charge < -0.3 is 4.74 Å². The van der Waals surface area contributed by atoms with Crippen LogP contribution in [0, 0.1) is 0 Å². The molecule has 0 aromatic carbocycles. The minimum absolute atomic E-state index is 0.145. The first-order chi connectivity index (χ1) is 5.61. The molecular formula is C10H18O2. The van der Waals surface area contributed by atoms with Crippen molar-refractivity contribution in [2.75, 3.05) is 7.11 Å². The van der Waals surface area contributed by atoms with Crippen LogP contribution in [0.2, 0.25) is 0 Å². The summed E-state index contributed by atoms with van der Waals surface area (Å²) in [4.78, 5) is 11.4. The maximum absolute atomic E-state index is 11.4.